The Morgan fingerprint density at radius 3 is 2.56 bits per heavy atom. The van der Waals surface area contributed by atoms with E-state index >= 15 is 0 Å². The fraction of sp³-hybridized carbons (Fsp3) is 0.480. The lowest BCUT2D eigenvalue weighted by molar-refractivity contribution is -0.116. The molecule has 1 saturated carbocycles. The lowest BCUT2D eigenvalue weighted by Crippen LogP contribution is -2.54. The minimum Gasteiger partial charge on any atom is -0.507 e. The SMILES string of the molecule is CN(c1ccc(-c2ccc(/C=C/C(=O)NC3CC3)cc2O)nn1)[C@H]1C[C@H]2CCC[C@@H](C1)N2. The smallest absolute Gasteiger partial charge is 0.244 e. The van der Waals surface area contributed by atoms with Crippen LogP contribution in [0.4, 0.5) is 5.82 Å². The number of hydrogen-bond donors (Lipinski definition) is 3. The lowest BCUT2D eigenvalue weighted by atomic mass is 9.83. The van der Waals surface area contributed by atoms with E-state index in [1.807, 2.05) is 24.3 Å². The van der Waals surface area contributed by atoms with E-state index in [1.165, 1.54) is 25.3 Å². The number of phenolic OH excluding ortho intramolecular Hbond substituents is 1. The number of fused-ring (bicyclic) bond motifs is 2. The largest absolute Gasteiger partial charge is 0.507 e. The van der Waals surface area contributed by atoms with Gasteiger partial charge in [0.1, 0.15) is 5.75 Å². The first-order valence-electron chi connectivity index (χ1n) is 11.7. The van der Waals surface area contributed by atoms with Crippen LogP contribution in [0.1, 0.15) is 50.5 Å². The van der Waals surface area contributed by atoms with Crippen molar-refractivity contribution in [3.63, 3.8) is 0 Å². The molecule has 168 valence electrons. The summed E-state index contributed by atoms with van der Waals surface area (Å²) in [7, 11) is 2.10. The van der Waals surface area contributed by atoms with Crippen LogP contribution in [-0.4, -0.2) is 52.4 Å². The van der Waals surface area contributed by atoms with Gasteiger partial charge in [-0.15, -0.1) is 10.2 Å². The van der Waals surface area contributed by atoms with E-state index in [9.17, 15) is 9.90 Å². The van der Waals surface area contributed by atoms with Crippen LogP contribution >= 0.6 is 0 Å². The normalized spacial score (nSPS) is 25.0. The third-order valence-electron chi connectivity index (χ3n) is 6.90. The van der Waals surface area contributed by atoms with Crippen molar-refractivity contribution >= 4 is 17.8 Å². The summed E-state index contributed by atoms with van der Waals surface area (Å²) in [6, 6.07) is 11.3. The number of carbonyl (C=O) groups excluding carboxylic acids is 1. The molecule has 5 rings (SSSR count). The average Bonchev–Trinajstić information content (AvgIpc) is 3.61. The molecule has 1 aromatic heterocycles. The number of piperidine rings is 2. The van der Waals surface area contributed by atoms with Crippen LogP contribution in [0, 0.1) is 0 Å². The summed E-state index contributed by atoms with van der Waals surface area (Å²) in [5.74, 6) is 0.884. The number of amides is 1. The summed E-state index contributed by atoms with van der Waals surface area (Å²) in [6.45, 7) is 0. The molecule has 3 N–H and O–H groups in total. The van der Waals surface area contributed by atoms with E-state index in [4.69, 9.17) is 0 Å². The van der Waals surface area contributed by atoms with Crippen LogP contribution in [0.2, 0.25) is 0 Å². The number of nitrogens with one attached hydrogen (secondary N) is 2. The standard InChI is InChI=1S/C25H31N5O2/c1-30(20-14-18-3-2-4-19(15-20)26-18)24-11-10-22(28-29-24)21-9-5-16(13-23(21)31)6-12-25(32)27-17-7-8-17/h5-6,9-13,17-20,26,31H,2-4,7-8,14-15H2,1H3,(H,27,32)/b12-6+/t18-,19+,20+. The monoisotopic (exact) mass is 433 g/mol. The second kappa shape index (κ2) is 8.90. The summed E-state index contributed by atoms with van der Waals surface area (Å²) < 4.78 is 0. The Labute approximate surface area is 188 Å². The van der Waals surface area contributed by atoms with Crippen LogP contribution in [0.3, 0.4) is 0 Å². The maximum Gasteiger partial charge on any atom is 0.244 e. The first kappa shape index (κ1) is 20.9. The maximum atomic E-state index is 11.8. The number of carbonyl (C=O) groups is 1. The van der Waals surface area contributed by atoms with Crippen molar-refractivity contribution in [1.82, 2.24) is 20.8 Å². The molecule has 3 heterocycles. The molecule has 2 aromatic rings. The molecule has 0 spiro atoms. The second-order valence-electron chi connectivity index (χ2n) is 9.40. The van der Waals surface area contributed by atoms with Gasteiger partial charge in [0.05, 0.1) is 5.69 Å². The van der Waals surface area contributed by atoms with E-state index in [1.54, 1.807) is 12.1 Å². The zero-order valence-corrected chi connectivity index (χ0v) is 18.5. The topological polar surface area (TPSA) is 90.4 Å². The van der Waals surface area contributed by atoms with Gasteiger partial charge >= 0.3 is 0 Å². The molecule has 2 bridgehead atoms. The van der Waals surface area contributed by atoms with Crippen molar-refractivity contribution in [1.29, 1.82) is 0 Å². The van der Waals surface area contributed by atoms with Gasteiger partial charge in [0.25, 0.3) is 0 Å². The number of rotatable bonds is 6. The van der Waals surface area contributed by atoms with Crippen LogP contribution in [0.25, 0.3) is 17.3 Å². The van der Waals surface area contributed by atoms with Gasteiger partial charge in [0.15, 0.2) is 5.82 Å². The van der Waals surface area contributed by atoms with E-state index in [0.717, 1.165) is 37.1 Å². The molecular weight excluding hydrogens is 402 g/mol. The quantitative estimate of drug-likeness (QED) is 0.606. The minimum absolute atomic E-state index is 0.0981. The van der Waals surface area contributed by atoms with Crippen LogP contribution < -0.4 is 15.5 Å². The maximum absolute atomic E-state index is 11.8. The van der Waals surface area contributed by atoms with Gasteiger partial charge in [-0.3, -0.25) is 4.79 Å². The number of anilines is 1. The molecular formula is C25H31N5O2. The predicted octanol–water partition coefficient (Wildman–Crippen LogP) is 3.25. The molecule has 7 nitrogen and oxygen atoms in total. The number of aromatic hydroxyl groups is 1. The number of aromatic nitrogens is 2. The highest BCUT2D eigenvalue weighted by Crippen LogP contribution is 2.32. The first-order valence-corrected chi connectivity index (χ1v) is 11.7. The summed E-state index contributed by atoms with van der Waals surface area (Å²) in [4.78, 5) is 14.1. The van der Waals surface area contributed by atoms with Gasteiger partial charge in [-0.1, -0.05) is 12.5 Å². The van der Waals surface area contributed by atoms with Gasteiger partial charge in [0, 0.05) is 42.9 Å². The predicted molar refractivity (Wildman–Crippen MR) is 125 cm³/mol. The van der Waals surface area contributed by atoms with Crippen molar-refractivity contribution in [3.8, 4) is 17.0 Å². The molecule has 3 atom stereocenters. The molecule has 2 aliphatic heterocycles. The Bertz CT molecular complexity index is 990. The summed E-state index contributed by atoms with van der Waals surface area (Å²) in [5, 5.41) is 26.0. The summed E-state index contributed by atoms with van der Waals surface area (Å²) in [6.07, 6.45) is 11.5. The van der Waals surface area contributed by atoms with Crippen molar-refractivity contribution in [3.05, 3.63) is 42.0 Å². The van der Waals surface area contributed by atoms with E-state index in [-0.39, 0.29) is 11.7 Å². The third-order valence-corrected chi connectivity index (χ3v) is 6.90. The van der Waals surface area contributed by atoms with Gasteiger partial charge in [-0.05, 0) is 74.4 Å². The Balaban J connectivity index is 1.25. The van der Waals surface area contributed by atoms with Gasteiger partial charge in [-0.2, -0.15) is 0 Å². The number of hydrogen-bond acceptors (Lipinski definition) is 6. The van der Waals surface area contributed by atoms with Crippen LogP contribution in [0.5, 0.6) is 5.75 Å². The first-order chi connectivity index (χ1) is 15.5. The molecule has 2 saturated heterocycles. The minimum atomic E-state index is -0.0981. The molecule has 0 radical (unpaired) electrons. The highest BCUT2D eigenvalue weighted by molar-refractivity contribution is 5.92. The van der Waals surface area contributed by atoms with Crippen molar-refractivity contribution in [2.24, 2.45) is 0 Å². The van der Waals surface area contributed by atoms with Crippen molar-refractivity contribution in [2.75, 3.05) is 11.9 Å². The van der Waals surface area contributed by atoms with Crippen molar-refractivity contribution in [2.45, 2.75) is 69.1 Å². The highest BCUT2D eigenvalue weighted by atomic mass is 16.3. The molecule has 32 heavy (non-hydrogen) atoms. The Morgan fingerprint density at radius 2 is 1.91 bits per heavy atom. The summed E-state index contributed by atoms with van der Waals surface area (Å²) in [5.41, 5.74) is 2.02. The second-order valence-corrected chi connectivity index (χ2v) is 9.40. The number of nitrogens with zero attached hydrogens (tertiary/aromatic N) is 3. The van der Waals surface area contributed by atoms with Gasteiger partial charge in [-0.25, -0.2) is 0 Å². The van der Waals surface area contributed by atoms with Gasteiger partial charge in [0.2, 0.25) is 5.91 Å². The summed E-state index contributed by atoms with van der Waals surface area (Å²) >= 11 is 0. The zero-order chi connectivity index (χ0) is 22.1. The third kappa shape index (κ3) is 4.78. The molecule has 7 heteroatoms. The van der Waals surface area contributed by atoms with Crippen molar-refractivity contribution < 1.29 is 9.90 Å². The molecule has 1 aliphatic carbocycles. The van der Waals surface area contributed by atoms with E-state index in [2.05, 4.69) is 32.8 Å². The average molecular weight is 434 g/mol. The fourth-order valence-corrected chi connectivity index (χ4v) is 4.91. The van der Waals surface area contributed by atoms with Crippen LogP contribution in [-0.2, 0) is 4.79 Å². The fourth-order valence-electron chi connectivity index (χ4n) is 4.91. The molecule has 0 unspecified atom stereocenters. The highest BCUT2D eigenvalue weighted by Gasteiger charge is 2.33. The van der Waals surface area contributed by atoms with Gasteiger partial charge < -0.3 is 20.6 Å². The molecule has 3 aliphatic rings. The van der Waals surface area contributed by atoms with Crippen LogP contribution in [0.15, 0.2) is 36.4 Å². The molecule has 1 amide bonds. The van der Waals surface area contributed by atoms with E-state index < -0.39 is 0 Å². The number of benzene rings is 1. The Kier molecular flexibility index (Phi) is 5.83. The molecule has 1 aromatic carbocycles. The number of phenols is 1. The Hall–Kier alpha value is -2.93. The zero-order valence-electron chi connectivity index (χ0n) is 18.5. The lowest BCUT2D eigenvalue weighted by Gasteiger charge is -2.43. The van der Waals surface area contributed by atoms with E-state index in [0.29, 0.717) is 35.4 Å². The Morgan fingerprint density at radius 1 is 1.12 bits per heavy atom. The molecule has 3 fully saturated rings.